The molecule has 15 heteroatoms. The quantitative estimate of drug-likeness (QED) is 0.107. The fourth-order valence-electron chi connectivity index (χ4n) is 8.49. The number of ketones is 2. The molecule has 274 valence electrons. The number of thiocarbonyl (C=S) groups is 1. The number of carbonyl (C=O) groups excluding carboxylic acids is 4. The molecule has 0 aromatic heterocycles. The van der Waals surface area contributed by atoms with E-state index in [1.165, 1.54) is 25.1 Å². The van der Waals surface area contributed by atoms with E-state index < -0.39 is 81.6 Å². The van der Waals surface area contributed by atoms with E-state index in [1.54, 1.807) is 6.92 Å². The second-order valence-corrected chi connectivity index (χ2v) is 14.3. The van der Waals surface area contributed by atoms with Gasteiger partial charge in [0.2, 0.25) is 5.78 Å². The summed E-state index contributed by atoms with van der Waals surface area (Å²) < 4.78 is 5.55. The van der Waals surface area contributed by atoms with Crippen LogP contribution in [0.15, 0.2) is 71.5 Å². The molecule has 0 aliphatic heterocycles. The van der Waals surface area contributed by atoms with Crippen LogP contribution >= 0.6 is 12.2 Å². The molecule has 2 unspecified atom stereocenters. The van der Waals surface area contributed by atoms with Gasteiger partial charge in [-0.05, 0) is 79.1 Å². The molecule has 7 rings (SSSR count). The predicted octanol–water partition coefficient (Wildman–Crippen LogP) is 2.48. The Morgan fingerprint density at radius 2 is 1.64 bits per heavy atom. The third-order valence-electron chi connectivity index (χ3n) is 10.8. The van der Waals surface area contributed by atoms with E-state index in [9.17, 15) is 44.7 Å². The molecule has 0 saturated heterocycles. The summed E-state index contributed by atoms with van der Waals surface area (Å²) in [7, 11) is 2.87. The number of phenolic OH excluding ortho intramolecular Hbond substituents is 1. The number of likely N-dealkylation sites (N-methyl/N-ethyl adjacent to an activating group) is 1. The third-order valence-corrected chi connectivity index (χ3v) is 11.0. The van der Waals surface area contributed by atoms with E-state index in [1.807, 2.05) is 48.5 Å². The second-order valence-electron chi connectivity index (χ2n) is 13.9. The number of hydrogen-bond donors (Lipinski definition) is 8. The zero-order valence-corrected chi connectivity index (χ0v) is 29.5. The summed E-state index contributed by atoms with van der Waals surface area (Å²) >= 11 is 5.34. The summed E-state index contributed by atoms with van der Waals surface area (Å²) in [6, 6.07) is 15.8. The smallest absolute Gasteiger partial charge is 0.413 e. The van der Waals surface area contributed by atoms with E-state index in [2.05, 4.69) is 10.6 Å². The summed E-state index contributed by atoms with van der Waals surface area (Å²) in [6.07, 6.45) is -2.69. The van der Waals surface area contributed by atoms with Crippen molar-refractivity contribution in [2.24, 2.45) is 17.6 Å². The molecule has 9 N–H and O–H groups in total. The van der Waals surface area contributed by atoms with Gasteiger partial charge in [0.15, 0.2) is 16.5 Å². The summed E-state index contributed by atoms with van der Waals surface area (Å²) in [5.74, 6) is -9.41. The molecule has 0 bridgehead atoms. The van der Waals surface area contributed by atoms with Gasteiger partial charge in [-0.3, -0.25) is 24.6 Å². The van der Waals surface area contributed by atoms with Gasteiger partial charge >= 0.3 is 6.09 Å². The number of aliphatic hydroxyl groups is 4. The molecule has 4 aliphatic rings. The molecule has 4 aliphatic carbocycles. The number of primary amides is 1. The minimum atomic E-state index is -3.03. The van der Waals surface area contributed by atoms with Gasteiger partial charge in [0, 0.05) is 17.4 Å². The first kappa shape index (κ1) is 35.8. The zero-order valence-electron chi connectivity index (χ0n) is 28.7. The first-order valence-corrected chi connectivity index (χ1v) is 17.1. The van der Waals surface area contributed by atoms with Gasteiger partial charge in [0.1, 0.15) is 29.4 Å². The highest BCUT2D eigenvalue weighted by Gasteiger charge is 2.67. The number of Topliss-reactive ketones (excluding diaryl/α,β-unsaturated/α-hetero) is 2. The topological polar surface area (TPSA) is 232 Å². The van der Waals surface area contributed by atoms with Crippen LogP contribution in [0, 0.1) is 18.8 Å². The largest absolute Gasteiger partial charge is 0.508 e. The van der Waals surface area contributed by atoms with Crippen molar-refractivity contribution in [3.63, 3.8) is 0 Å². The van der Waals surface area contributed by atoms with Crippen molar-refractivity contribution in [1.29, 1.82) is 0 Å². The highest BCUT2D eigenvalue weighted by atomic mass is 32.1. The number of phenols is 1. The molecule has 3 aromatic rings. The average Bonchev–Trinajstić information content (AvgIpc) is 3.42. The number of alkyl carbamates (subject to hydrolysis) is 1. The average molecular weight is 741 g/mol. The highest BCUT2D eigenvalue weighted by molar-refractivity contribution is 7.80. The van der Waals surface area contributed by atoms with Gasteiger partial charge in [-0.15, -0.1) is 0 Å². The number of aromatic hydroxyl groups is 1. The molecular weight excluding hydrogens is 705 g/mol. The number of aliphatic hydroxyl groups excluding tert-OH is 3. The van der Waals surface area contributed by atoms with Crippen LogP contribution in [0.1, 0.15) is 33.7 Å². The van der Waals surface area contributed by atoms with Crippen LogP contribution in [0.3, 0.4) is 0 Å². The normalized spacial score (nSPS) is 24.6. The van der Waals surface area contributed by atoms with E-state index in [0.717, 1.165) is 22.3 Å². The Bertz CT molecular complexity index is 2190. The Morgan fingerprint density at radius 3 is 2.23 bits per heavy atom. The fourth-order valence-corrected chi connectivity index (χ4v) is 8.68. The lowest BCUT2D eigenvalue weighted by molar-refractivity contribution is -0.168. The van der Waals surface area contributed by atoms with Crippen LogP contribution in [-0.4, -0.2) is 97.6 Å². The van der Waals surface area contributed by atoms with Crippen LogP contribution in [0.2, 0.25) is 0 Å². The minimum Gasteiger partial charge on any atom is -0.508 e. The number of nitrogens with one attached hydrogen (secondary N) is 2. The lowest BCUT2D eigenvalue weighted by atomic mass is 9.56. The van der Waals surface area contributed by atoms with Crippen molar-refractivity contribution in [3.05, 3.63) is 99.3 Å². The van der Waals surface area contributed by atoms with Gasteiger partial charge in [-0.25, -0.2) is 4.79 Å². The van der Waals surface area contributed by atoms with Crippen molar-refractivity contribution >= 4 is 52.3 Å². The zero-order chi connectivity index (χ0) is 38.3. The van der Waals surface area contributed by atoms with Gasteiger partial charge in [-0.1, -0.05) is 48.5 Å². The number of carbonyl (C=O) groups is 4. The summed E-state index contributed by atoms with van der Waals surface area (Å²) in [6.45, 7) is 1.67. The Hall–Kier alpha value is -5.61. The van der Waals surface area contributed by atoms with Gasteiger partial charge < -0.3 is 41.3 Å². The third kappa shape index (κ3) is 5.30. The molecule has 1 saturated carbocycles. The van der Waals surface area contributed by atoms with Crippen molar-refractivity contribution in [3.8, 4) is 16.9 Å². The maximum absolute atomic E-state index is 14.2. The molecule has 5 atom stereocenters. The Kier molecular flexibility index (Phi) is 8.64. The second kappa shape index (κ2) is 12.8. The maximum atomic E-state index is 14.2. The number of hydrogen-bond acceptors (Lipinski definition) is 12. The molecule has 0 heterocycles. The number of benzene rings is 3. The van der Waals surface area contributed by atoms with Crippen LogP contribution in [0.25, 0.3) is 16.9 Å². The molecule has 1 fully saturated rings. The van der Waals surface area contributed by atoms with Crippen LogP contribution < -0.4 is 16.4 Å². The molecular formula is C38H36N4O10S. The Labute approximate surface area is 308 Å². The molecule has 0 spiro atoms. The molecule has 14 nitrogen and oxygen atoms in total. The first-order chi connectivity index (χ1) is 25.1. The SMILES string of the molecule is Cc1cc(NC(=S)NC(=O)OCC2c3ccccc3-c3ccccc32)c(O)c2c1CC1C(=C2O)C(=O)[C@]2(O)C(O)=C(C(N)=O)C(=O)[C@@H](N(C)C)C2[C@H]1O. The van der Waals surface area contributed by atoms with Crippen LogP contribution in [-0.2, 0) is 25.5 Å². The van der Waals surface area contributed by atoms with E-state index in [4.69, 9.17) is 22.7 Å². The summed E-state index contributed by atoms with van der Waals surface area (Å²) in [5.41, 5.74) is 5.51. The van der Waals surface area contributed by atoms with Crippen molar-refractivity contribution in [1.82, 2.24) is 10.2 Å². The molecule has 2 amide bonds. The summed E-state index contributed by atoms with van der Waals surface area (Å²) in [4.78, 5) is 53.9. The fraction of sp³-hybridized carbons (Fsp3) is 0.289. The lowest BCUT2D eigenvalue weighted by Crippen LogP contribution is -2.70. The number of amides is 2. The Morgan fingerprint density at radius 1 is 1.04 bits per heavy atom. The van der Waals surface area contributed by atoms with Crippen molar-refractivity contribution in [2.75, 3.05) is 26.0 Å². The highest BCUT2D eigenvalue weighted by Crippen LogP contribution is 2.54. The summed E-state index contributed by atoms with van der Waals surface area (Å²) in [5, 5.41) is 62.6. The van der Waals surface area contributed by atoms with Crippen LogP contribution in [0.4, 0.5) is 10.5 Å². The Balaban J connectivity index is 1.15. The number of anilines is 1. The molecule has 3 aromatic carbocycles. The van der Waals surface area contributed by atoms with E-state index in [-0.39, 0.29) is 35.3 Å². The number of nitrogens with two attached hydrogens (primary N) is 1. The van der Waals surface area contributed by atoms with Crippen LogP contribution in [0.5, 0.6) is 5.75 Å². The number of aryl methyl sites for hydroxylation is 1. The predicted molar refractivity (Wildman–Crippen MR) is 195 cm³/mol. The minimum absolute atomic E-state index is 0.0243. The monoisotopic (exact) mass is 740 g/mol. The number of nitrogens with zero attached hydrogens (tertiary/aromatic N) is 1. The maximum Gasteiger partial charge on any atom is 0.413 e. The lowest BCUT2D eigenvalue weighted by Gasteiger charge is -2.52. The van der Waals surface area contributed by atoms with Gasteiger partial charge in [0.05, 0.1) is 29.3 Å². The first-order valence-electron chi connectivity index (χ1n) is 16.7. The number of fused-ring (bicyclic) bond motifs is 6. The van der Waals surface area contributed by atoms with Crippen molar-refractivity contribution in [2.45, 2.75) is 37.0 Å². The van der Waals surface area contributed by atoms with E-state index in [0.29, 0.717) is 11.1 Å². The molecule has 53 heavy (non-hydrogen) atoms. The number of rotatable bonds is 5. The standard InChI is InChI=1S/C38H36N4O10S/c1-15-12-23(40-36(53)41-37(50)52-14-22-18-10-6-4-8-16(18)17-9-5-7-11-19(17)22)30(44)24-20(15)13-21-25(31(24)45)33(47)38(51)27(29(21)43)28(42(2)3)32(46)26(34(38)48)35(39)49/h4-12,21-22,27-29,43-45,48,51H,13-14H2,1-3H3,(H2,39,49)(H2,40,41,50,53)/t21?,27?,28-,29-,38-/m0/s1. The van der Waals surface area contributed by atoms with Gasteiger partial charge in [-0.2, -0.15) is 0 Å². The van der Waals surface area contributed by atoms with Crippen molar-refractivity contribution < 1.29 is 49.4 Å². The number of ether oxygens (including phenoxy) is 1. The van der Waals surface area contributed by atoms with E-state index >= 15 is 0 Å². The van der Waals surface area contributed by atoms with Gasteiger partial charge in [0.25, 0.3) is 5.91 Å². The molecule has 0 radical (unpaired) electrons.